The smallest absolute Gasteiger partial charge is 0.292 e. The minimum absolute atomic E-state index is 0.0358. The predicted molar refractivity (Wildman–Crippen MR) is 66.9 cm³/mol. The molecule has 0 spiro atoms. The summed E-state index contributed by atoms with van der Waals surface area (Å²) in [5.41, 5.74) is 6.64. The summed E-state index contributed by atoms with van der Waals surface area (Å²) in [6.07, 6.45) is 1.13. The summed E-state index contributed by atoms with van der Waals surface area (Å²) >= 11 is 1.91. The molecule has 0 aromatic heterocycles. The number of rotatable bonds is 3. The molecule has 1 fully saturated rings. The van der Waals surface area contributed by atoms with Crippen LogP contribution in [0.25, 0.3) is 0 Å². The van der Waals surface area contributed by atoms with E-state index in [9.17, 15) is 10.1 Å². The molecule has 1 saturated heterocycles. The van der Waals surface area contributed by atoms with Crippen LogP contribution in [0.1, 0.15) is 6.42 Å². The monoisotopic (exact) mass is 239 g/mol. The zero-order chi connectivity index (χ0) is 11.5. The molecule has 86 valence electrons. The largest absolute Gasteiger partial charge is 0.393 e. The molecule has 0 saturated carbocycles. The molecule has 3 N–H and O–H groups in total. The van der Waals surface area contributed by atoms with Crippen LogP contribution in [0.3, 0.4) is 0 Å². The third-order valence-electron chi connectivity index (χ3n) is 2.52. The molecule has 1 aliphatic rings. The fourth-order valence-corrected chi connectivity index (χ4v) is 2.85. The summed E-state index contributed by atoms with van der Waals surface area (Å²) in [5.74, 6) is 2.25. The SMILES string of the molecule is Nc1cc(NC2CCSC2)ccc1[N+](=O)[O-]. The number of nitrogens with two attached hydrogens (primary N) is 1. The van der Waals surface area contributed by atoms with Crippen LogP contribution in [0.15, 0.2) is 18.2 Å². The van der Waals surface area contributed by atoms with Gasteiger partial charge in [-0.15, -0.1) is 0 Å². The number of thioether (sulfide) groups is 1. The predicted octanol–water partition coefficient (Wildman–Crippen LogP) is 2.09. The molecule has 1 heterocycles. The highest BCUT2D eigenvalue weighted by Crippen LogP contribution is 2.27. The Balaban J connectivity index is 2.11. The number of nitrogens with zero attached hydrogens (tertiary/aromatic N) is 1. The third kappa shape index (κ3) is 2.38. The number of hydrogen-bond donors (Lipinski definition) is 2. The second-order valence-corrected chi connectivity index (χ2v) is 4.89. The van der Waals surface area contributed by atoms with Crippen molar-refractivity contribution in [2.45, 2.75) is 12.5 Å². The molecule has 1 aliphatic heterocycles. The van der Waals surface area contributed by atoms with Gasteiger partial charge in [-0.2, -0.15) is 11.8 Å². The standard InChI is InChI=1S/C10H13N3O2S/c11-9-5-7(1-2-10(9)13(14)15)12-8-3-4-16-6-8/h1-2,5,8,12H,3-4,6,11H2. The molecule has 2 rings (SSSR count). The number of nitro groups is 1. The minimum Gasteiger partial charge on any atom is -0.393 e. The molecule has 1 atom stereocenters. The van der Waals surface area contributed by atoms with Crippen LogP contribution in [0, 0.1) is 10.1 Å². The van der Waals surface area contributed by atoms with Gasteiger partial charge in [-0.25, -0.2) is 0 Å². The molecule has 1 aromatic carbocycles. The highest BCUT2D eigenvalue weighted by Gasteiger charge is 2.16. The van der Waals surface area contributed by atoms with E-state index in [2.05, 4.69) is 5.32 Å². The van der Waals surface area contributed by atoms with Gasteiger partial charge in [0.1, 0.15) is 5.69 Å². The average Bonchev–Trinajstić information content (AvgIpc) is 2.70. The van der Waals surface area contributed by atoms with Gasteiger partial charge in [-0.3, -0.25) is 10.1 Å². The maximum absolute atomic E-state index is 10.6. The van der Waals surface area contributed by atoms with Crippen LogP contribution in [0.5, 0.6) is 0 Å². The zero-order valence-corrected chi connectivity index (χ0v) is 9.50. The summed E-state index contributed by atoms with van der Waals surface area (Å²) in [6.45, 7) is 0. The van der Waals surface area contributed by atoms with Gasteiger partial charge in [0.2, 0.25) is 0 Å². The van der Waals surface area contributed by atoms with E-state index in [0.29, 0.717) is 6.04 Å². The lowest BCUT2D eigenvalue weighted by molar-refractivity contribution is -0.383. The second-order valence-electron chi connectivity index (χ2n) is 3.74. The molecule has 0 amide bonds. The van der Waals surface area contributed by atoms with Crippen LogP contribution in [-0.2, 0) is 0 Å². The third-order valence-corrected chi connectivity index (χ3v) is 3.69. The summed E-state index contributed by atoms with van der Waals surface area (Å²) in [4.78, 5) is 10.1. The van der Waals surface area contributed by atoms with Gasteiger partial charge in [0, 0.05) is 23.5 Å². The molecular weight excluding hydrogens is 226 g/mol. The Kier molecular flexibility index (Phi) is 3.19. The van der Waals surface area contributed by atoms with E-state index in [1.807, 2.05) is 11.8 Å². The van der Waals surface area contributed by atoms with E-state index < -0.39 is 4.92 Å². The first kappa shape index (κ1) is 11.1. The maximum Gasteiger partial charge on any atom is 0.292 e. The Morgan fingerprint density at radius 3 is 2.94 bits per heavy atom. The van der Waals surface area contributed by atoms with Crippen molar-refractivity contribution in [2.24, 2.45) is 0 Å². The van der Waals surface area contributed by atoms with E-state index in [4.69, 9.17) is 5.73 Å². The van der Waals surface area contributed by atoms with E-state index in [1.54, 1.807) is 12.1 Å². The van der Waals surface area contributed by atoms with Crippen molar-refractivity contribution in [1.82, 2.24) is 0 Å². The van der Waals surface area contributed by atoms with Gasteiger partial charge in [0.15, 0.2) is 0 Å². The van der Waals surface area contributed by atoms with Crippen molar-refractivity contribution < 1.29 is 4.92 Å². The maximum atomic E-state index is 10.6. The summed E-state index contributed by atoms with van der Waals surface area (Å²) in [7, 11) is 0. The molecule has 5 nitrogen and oxygen atoms in total. The van der Waals surface area contributed by atoms with Gasteiger partial charge in [-0.05, 0) is 24.3 Å². The molecule has 6 heteroatoms. The zero-order valence-electron chi connectivity index (χ0n) is 8.68. The summed E-state index contributed by atoms with van der Waals surface area (Å²) in [5, 5.41) is 13.9. The molecule has 1 aromatic rings. The number of nitro benzene ring substituents is 1. The van der Waals surface area contributed by atoms with E-state index in [-0.39, 0.29) is 11.4 Å². The highest BCUT2D eigenvalue weighted by molar-refractivity contribution is 7.99. The van der Waals surface area contributed by atoms with Crippen LogP contribution in [0.2, 0.25) is 0 Å². The van der Waals surface area contributed by atoms with Gasteiger partial charge in [0.25, 0.3) is 5.69 Å². The van der Waals surface area contributed by atoms with Crippen molar-refractivity contribution in [3.05, 3.63) is 28.3 Å². The van der Waals surface area contributed by atoms with Crippen LogP contribution in [0.4, 0.5) is 17.1 Å². The van der Waals surface area contributed by atoms with Crippen molar-refractivity contribution >= 4 is 28.8 Å². The first-order valence-electron chi connectivity index (χ1n) is 5.05. The second kappa shape index (κ2) is 4.61. The fraction of sp³-hybridized carbons (Fsp3) is 0.400. The molecular formula is C10H13N3O2S. The number of hydrogen-bond acceptors (Lipinski definition) is 5. The number of benzene rings is 1. The lowest BCUT2D eigenvalue weighted by atomic mass is 10.2. The van der Waals surface area contributed by atoms with Crippen LogP contribution in [-0.4, -0.2) is 22.5 Å². The molecule has 0 aliphatic carbocycles. The topological polar surface area (TPSA) is 81.2 Å². The van der Waals surface area contributed by atoms with Crippen molar-refractivity contribution in [3.63, 3.8) is 0 Å². The lowest BCUT2D eigenvalue weighted by Crippen LogP contribution is -2.18. The van der Waals surface area contributed by atoms with E-state index >= 15 is 0 Å². The van der Waals surface area contributed by atoms with Gasteiger partial charge in [0.05, 0.1) is 4.92 Å². The first-order valence-corrected chi connectivity index (χ1v) is 6.20. The van der Waals surface area contributed by atoms with E-state index in [0.717, 1.165) is 17.9 Å². The number of nitrogens with one attached hydrogen (secondary N) is 1. The lowest BCUT2D eigenvalue weighted by Gasteiger charge is -2.12. The average molecular weight is 239 g/mol. The van der Waals surface area contributed by atoms with Crippen LogP contribution >= 0.6 is 11.8 Å². The molecule has 1 unspecified atom stereocenters. The fourth-order valence-electron chi connectivity index (χ4n) is 1.69. The van der Waals surface area contributed by atoms with Gasteiger partial charge in [-0.1, -0.05) is 0 Å². The molecule has 0 radical (unpaired) electrons. The van der Waals surface area contributed by atoms with Crippen molar-refractivity contribution in [2.75, 3.05) is 22.6 Å². The Morgan fingerprint density at radius 1 is 1.56 bits per heavy atom. The normalized spacial score (nSPS) is 19.6. The molecule has 16 heavy (non-hydrogen) atoms. The summed E-state index contributed by atoms with van der Waals surface area (Å²) < 4.78 is 0. The van der Waals surface area contributed by atoms with Crippen molar-refractivity contribution in [3.8, 4) is 0 Å². The Morgan fingerprint density at radius 2 is 2.38 bits per heavy atom. The molecule has 0 bridgehead atoms. The number of anilines is 2. The minimum atomic E-state index is -0.468. The van der Waals surface area contributed by atoms with Crippen LogP contribution < -0.4 is 11.1 Å². The summed E-state index contributed by atoms with van der Waals surface area (Å²) in [6, 6.07) is 5.23. The van der Waals surface area contributed by atoms with Crippen molar-refractivity contribution in [1.29, 1.82) is 0 Å². The van der Waals surface area contributed by atoms with Gasteiger partial charge < -0.3 is 11.1 Å². The Hall–Kier alpha value is -1.43. The quantitative estimate of drug-likeness (QED) is 0.479. The highest BCUT2D eigenvalue weighted by atomic mass is 32.2. The Labute approximate surface area is 97.6 Å². The first-order chi connectivity index (χ1) is 7.66. The van der Waals surface area contributed by atoms with E-state index in [1.165, 1.54) is 11.8 Å². The number of nitrogen functional groups attached to an aromatic ring is 1. The van der Waals surface area contributed by atoms with Gasteiger partial charge >= 0.3 is 0 Å². The Bertz CT molecular complexity index is 405.